The highest BCUT2D eigenvalue weighted by atomic mass is 16.5. The summed E-state index contributed by atoms with van der Waals surface area (Å²) in [5.74, 6) is 1.16. The zero-order valence-corrected chi connectivity index (χ0v) is 12.0. The summed E-state index contributed by atoms with van der Waals surface area (Å²) in [5.41, 5.74) is 6.77. The molecule has 0 aliphatic heterocycles. The van der Waals surface area contributed by atoms with Crippen LogP contribution in [0.15, 0.2) is 24.3 Å². The maximum atomic E-state index is 11.6. The molecule has 0 radical (unpaired) electrons. The average Bonchev–Trinajstić information content (AvgIpc) is 2.36. The fraction of sp³-hybridized carbons (Fsp3) is 0.533. The van der Waals surface area contributed by atoms with Gasteiger partial charge in [0, 0.05) is 18.2 Å². The molecule has 1 unspecified atom stereocenters. The Labute approximate surface area is 115 Å². The SMILES string of the molecule is CC(C)CCNC(=O)COc1ccccc1C(C)N. The number of carbonyl (C=O) groups is 1. The molecule has 0 heterocycles. The summed E-state index contributed by atoms with van der Waals surface area (Å²) in [5, 5.41) is 2.84. The number of ether oxygens (including phenoxy) is 1. The lowest BCUT2D eigenvalue weighted by Crippen LogP contribution is -2.30. The third-order valence-electron chi connectivity index (χ3n) is 2.81. The smallest absolute Gasteiger partial charge is 0.257 e. The van der Waals surface area contributed by atoms with Crippen LogP contribution >= 0.6 is 0 Å². The largest absolute Gasteiger partial charge is 0.483 e. The highest BCUT2D eigenvalue weighted by molar-refractivity contribution is 5.77. The molecule has 0 aromatic heterocycles. The van der Waals surface area contributed by atoms with Gasteiger partial charge in [-0.1, -0.05) is 32.0 Å². The molecule has 0 spiro atoms. The van der Waals surface area contributed by atoms with Crippen molar-refractivity contribution in [2.45, 2.75) is 33.2 Å². The molecule has 1 amide bonds. The van der Waals surface area contributed by atoms with Gasteiger partial charge in [-0.05, 0) is 25.3 Å². The van der Waals surface area contributed by atoms with E-state index in [0.717, 1.165) is 12.0 Å². The maximum absolute atomic E-state index is 11.6. The van der Waals surface area contributed by atoms with E-state index in [2.05, 4.69) is 19.2 Å². The molecule has 106 valence electrons. The monoisotopic (exact) mass is 264 g/mol. The Morgan fingerprint density at radius 1 is 1.32 bits per heavy atom. The van der Waals surface area contributed by atoms with Gasteiger partial charge in [0.1, 0.15) is 5.75 Å². The topological polar surface area (TPSA) is 64.3 Å². The van der Waals surface area contributed by atoms with Crippen molar-refractivity contribution in [2.24, 2.45) is 11.7 Å². The number of benzene rings is 1. The second kappa shape index (κ2) is 7.79. The number of para-hydroxylation sites is 1. The summed E-state index contributed by atoms with van der Waals surface area (Å²) in [6.45, 7) is 6.87. The van der Waals surface area contributed by atoms with Crippen LogP contribution < -0.4 is 15.8 Å². The van der Waals surface area contributed by atoms with E-state index in [4.69, 9.17) is 10.5 Å². The van der Waals surface area contributed by atoms with Crippen molar-refractivity contribution in [2.75, 3.05) is 13.2 Å². The Hall–Kier alpha value is -1.55. The molecule has 0 fully saturated rings. The molecule has 1 rings (SSSR count). The first-order valence-corrected chi connectivity index (χ1v) is 6.74. The standard InChI is InChI=1S/C15H24N2O2/c1-11(2)8-9-17-15(18)10-19-14-7-5-4-6-13(14)12(3)16/h4-7,11-12H,8-10,16H2,1-3H3,(H,17,18). The number of amides is 1. The van der Waals surface area contributed by atoms with Gasteiger partial charge < -0.3 is 15.8 Å². The molecular weight excluding hydrogens is 240 g/mol. The molecule has 0 aliphatic carbocycles. The minimum Gasteiger partial charge on any atom is -0.483 e. The molecule has 1 aromatic carbocycles. The van der Waals surface area contributed by atoms with Gasteiger partial charge in [0.25, 0.3) is 5.91 Å². The number of carbonyl (C=O) groups excluding carboxylic acids is 1. The van der Waals surface area contributed by atoms with Gasteiger partial charge in [0.15, 0.2) is 6.61 Å². The van der Waals surface area contributed by atoms with Crippen LogP contribution in [0.3, 0.4) is 0 Å². The van der Waals surface area contributed by atoms with Crippen LogP contribution in [-0.4, -0.2) is 19.1 Å². The molecule has 1 aromatic rings. The molecular formula is C15H24N2O2. The van der Waals surface area contributed by atoms with E-state index in [1.807, 2.05) is 31.2 Å². The Balaban J connectivity index is 2.42. The first kappa shape index (κ1) is 15.5. The first-order chi connectivity index (χ1) is 9.00. The van der Waals surface area contributed by atoms with Crippen LogP contribution in [0.4, 0.5) is 0 Å². The van der Waals surface area contributed by atoms with E-state index >= 15 is 0 Å². The molecule has 3 N–H and O–H groups in total. The van der Waals surface area contributed by atoms with Gasteiger partial charge in [-0.15, -0.1) is 0 Å². The molecule has 4 heteroatoms. The molecule has 19 heavy (non-hydrogen) atoms. The predicted molar refractivity (Wildman–Crippen MR) is 77.0 cm³/mol. The van der Waals surface area contributed by atoms with Gasteiger partial charge in [-0.25, -0.2) is 0 Å². The van der Waals surface area contributed by atoms with E-state index in [9.17, 15) is 4.79 Å². The normalized spacial score (nSPS) is 12.3. The maximum Gasteiger partial charge on any atom is 0.257 e. The molecule has 0 saturated carbocycles. The van der Waals surface area contributed by atoms with Crippen LogP contribution in [0.25, 0.3) is 0 Å². The lowest BCUT2D eigenvalue weighted by molar-refractivity contribution is -0.123. The summed E-state index contributed by atoms with van der Waals surface area (Å²) in [4.78, 5) is 11.6. The number of rotatable bonds is 7. The lowest BCUT2D eigenvalue weighted by Gasteiger charge is -2.14. The number of hydrogen-bond acceptors (Lipinski definition) is 3. The van der Waals surface area contributed by atoms with Crippen molar-refractivity contribution in [3.8, 4) is 5.75 Å². The van der Waals surface area contributed by atoms with Crippen LogP contribution in [-0.2, 0) is 4.79 Å². The lowest BCUT2D eigenvalue weighted by atomic mass is 10.1. The van der Waals surface area contributed by atoms with Crippen molar-refractivity contribution in [1.29, 1.82) is 0 Å². The Morgan fingerprint density at radius 3 is 2.63 bits per heavy atom. The molecule has 1 atom stereocenters. The van der Waals surface area contributed by atoms with Crippen molar-refractivity contribution >= 4 is 5.91 Å². The highest BCUT2D eigenvalue weighted by Gasteiger charge is 2.09. The van der Waals surface area contributed by atoms with Gasteiger partial charge in [-0.3, -0.25) is 4.79 Å². The molecule has 0 bridgehead atoms. The second-order valence-corrected chi connectivity index (χ2v) is 5.15. The van der Waals surface area contributed by atoms with Crippen molar-refractivity contribution < 1.29 is 9.53 Å². The summed E-state index contributed by atoms with van der Waals surface area (Å²) in [6.07, 6.45) is 0.974. The van der Waals surface area contributed by atoms with E-state index in [1.54, 1.807) is 0 Å². The van der Waals surface area contributed by atoms with Gasteiger partial charge in [0.05, 0.1) is 0 Å². The third-order valence-corrected chi connectivity index (χ3v) is 2.81. The number of nitrogens with two attached hydrogens (primary N) is 1. The van der Waals surface area contributed by atoms with Crippen molar-refractivity contribution in [3.63, 3.8) is 0 Å². The van der Waals surface area contributed by atoms with E-state index in [0.29, 0.717) is 18.2 Å². The molecule has 0 saturated heterocycles. The van der Waals surface area contributed by atoms with Gasteiger partial charge in [-0.2, -0.15) is 0 Å². The van der Waals surface area contributed by atoms with Crippen LogP contribution in [0.5, 0.6) is 5.75 Å². The van der Waals surface area contributed by atoms with Gasteiger partial charge in [0.2, 0.25) is 0 Å². The van der Waals surface area contributed by atoms with E-state index in [-0.39, 0.29) is 18.6 Å². The fourth-order valence-corrected chi connectivity index (χ4v) is 1.68. The summed E-state index contributed by atoms with van der Waals surface area (Å²) in [6, 6.07) is 7.42. The minimum atomic E-state index is -0.111. The van der Waals surface area contributed by atoms with Crippen LogP contribution in [0.1, 0.15) is 38.8 Å². The Bertz CT molecular complexity index is 403. The average molecular weight is 264 g/mol. The van der Waals surface area contributed by atoms with E-state index in [1.165, 1.54) is 0 Å². The number of hydrogen-bond donors (Lipinski definition) is 2. The summed E-state index contributed by atoms with van der Waals surface area (Å²) >= 11 is 0. The molecule has 4 nitrogen and oxygen atoms in total. The molecule has 0 aliphatic rings. The summed E-state index contributed by atoms with van der Waals surface area (Å²) in [7, 11) is 0. The first-order valence-electron chi connectivity index (χ1n) is 6.74. The predicted octanol–water partition coefficient (Wildman–Crippen LogP) is 2.25. The zero-order valence-electron chi connectivity index (χ0n) is 12.0. The van der Waals surface area contributed by atoms with Crippen LogP contribution in [0, 0.1) is 5.92 Å². The van der Waals surface area contributed by atoms with Crippen molar-refractivity contribution in [1.82, 2.24) is 5.32 Å². The second-order valence-electron chi connectivity index (χ2n) is 5.15. The zero-order chi connectivity index (χ0) is 14.3. The van der Waals surface area contributed by atoms with Crippen LogP contribution in [0.2, 0.25) is 0 Å². The summed E-state index contributed by atoms with van der Waals surface area (Å²) < 4.78 is 5.53. The Kier molecular flexibility index (Phi) is 6.36. The fourth-order valence-electron chi connectivity index (χ4n) is 1.68. The van der Waals surface area contributed by atoms with E-state index < -0.39 is 0 Å². The quantitative estimate of drug-likeness (QED) is 0.794. The Morgan fingerprint density at radius 2 is 2.00 bits per heavy atom. The van der Waals surface area contributed by atoms with Crippen molar-refractivity contribution in [3.05, 3.63) is 29.8 Å². The third kappa shape index (κ3) is 5.75. The minimum absolute atomic E-state index is 0.0296. The highest BCUT2D eigenvalue weighted by Crippen LogP contribution is 2.22. The van der Waals surface area contributed by atoms with Gasteiger partial charge >= 0.3 is 0 Å². The number of nitrogens with one attached hydrogen (secondary N) is 1.